The van der Waals surface area contributed by atoms with Crippen molar-refractivity contribution in [2.75, 3.05) is 18.4 Å². The van der Waals surface area contributed by atoms with E-state index in [1.54, 1.807) is 0 Å². The summed E-state index contributed by atoms with van der Waals surface area (Å²) < 4.78 is 0. The molecule has 0 aromatic heterocycles. The minimum Gasteiger partial charge on any atom is -0.356 e. The van der Waals surface area contributed by atoms with E-state index >= 15 is 0 Å². The molecule has 3 N–H and O–H groups in total. The number of carbonyl (C=O) groups is 1. The summed E-state index contributed by atoms with van der Waals surface area (Å²) in [6.07, 6.45) is 5.15. The van der Waals surface area contributed by atoms with E-state index in [0.29, 0.717) is 5.96 Å². The monoisotopic (exact) mass is 302 g/mol. The van der Waals surface area contributed by atoms with Crippen LogP contribution in [0.2, 0.25) is 0 Å². The molecule has 2 rings (SSSR count). The van der Waals surface area contributed by atoms with Crippen LogP contribution in [-0.4, -0.2) is 25.1 Å². The van der Waals surface area contributed by atoms with Gasteiger partial charge in [-0.25, -0.2) is 4.79 Å². The predicted molar refractivity (Wildman–Crippen MR) is 91.5 cm³/mol. The maximum Gasteiger partial charge on any atom is 0.326 e. The van der Waals surface area contributed by atoms with E-state index in [1.807, 2.05) is 6.07 Å². The normalized spacial score (nSPS) is 15.1. The molecule has 0 saturated heterocycles. The van der Waals surface area contributed by atoms with Crippen molar-refractivity contribution in [1.82, 2.24) is 10.6 Å². The van der Waals surface area contributed by atoms with Crippen LogP contribution in [0, 0.1) is 0 Å². The highest BCUT2D eigenvalue weighted by atomic mass is 16.2. The molecule has 1 aliphatic heterocycles. The quantitative estimate of drug-likeness (QED) is 0.803. The molecule has 1 aliphatic rings. The Morgan fingerprint density at radius 3 is 2.55 bits per heavy atom. The van der Waals surface area contributed by atoms with Gasteiger partial charge >= 0.3 is 6.03 Å². The fraction of sp³-hybridized carbons (Fsp3) is 0.529. The Hall–Kier alpha value is -2.04. The molecule has 1 aromatic carbocycles. The molecular weight excluding hydrogens is 276 g/mol. The van der Waals surface area contributed by atoms with Crippen LogP contribution >= 0.6 is 0 Å². The van der Waals surface area contributed by atoms with Crippen LogP contribution in [0.3, 0.4) is 0 Å². The summed E-state index contributed by atoms with van der Waals surface area (Å²) in [5.41, 5.74) is 3.24. The molecule has 5 heteroatoms. The van der Waals surface area contributed by atoms with Crippen LogP contribution in [0.25, 0.3) is 0 Å². The topological polar surface area (TPSA) is 65.5 Å². The number of rotatable bonds is 3. The van der Waals surface area contributed by atoms with Gasteiger partial charge in [-0.3, -0.25) is 10.3 Å². The third kappa shape index (κ3) is 4.48. The van der Waals surface area contributed by atoms with Gasteiger partial charge in [0.05, 0.1) is 0 Å². The number of hydrogen-bond acceptors (Lipinski definition) is 3. The summed E-state index contributed by atoms with van der Waals surface area (Å²) in [7, 11) is 0. The molecule has 0 saturated carbocycles. The summed E-state index contributed by atoms with van der Waals surface area (Å²) in [5.74, 6) is 0.573. The van der Waals surface area contributed by atoms with Crippen LogP contribution in [0.5, 0.6) is 0 Å². The van der Waals surface area contributed by atoms with Crippen molar-refractivity contribution >= 4 is 17.7 Å². The van der Waals surface area contributed by atoms with Crippen molar-refractivity contribution < 1.29 is 4.79 Å². The second kappa shape index (κ2) is 8.41. The Labute approximate surface area is 132 Å². The molecule has 0 fully saturated rings. The third-order valence-electron chi connectivity index (χ3n) is 3.87. The summed E-state index contributed by atoms with van der Waals surface area (Å²) >= 11 is 0. The van der Waals surface area contributed by atoms with Crippen molar-refractivity contribution in [3.8, 4) is 0 Å². The van der Waals surface area contributed by atoms with Gasteiger partial charge in [0, 0.05) is 18.8 Å². The largest absolute Gasteiger partial charge is 0.356 e. The molecule has 1 heterocycles. The number of urea groups is 1. The van der Waals surface area contributed by atoms with Crippen molar-refractivity contribution in [1.29, 1.82) is 0 Å². The second-order valence-corrected chi connectivity index (χ2v) is 5.46. The lowest BCUT2D eigenvalue weighted by molar-refractivity contribution is 0.255. The number of anilines is 1. The van der Waals surface area contributed by atoms with E-state index in [-0.39, 0.29) is 6.03 Å². The first-order valence-electron chi connectivity index (χ1n) is 8.21. The molecule has 1 aromatic rings. The fourth-order valence-electron chi connectivity index (χ4n) is 2.61. The first-order valence-corrected chi connectivity index (χ1v) is 8.21. The number of aliphatic imine (C=N–C) groups is 1. The Morgan fingerprint density at radius 1 is 1.14 bits per heavy atom. The van der Waals surface area contributed by atoms with Gasteiger partial charge in [0.25, 0.3) is 0 Å². The lowest BCUT2D eigenvalue weighted by Crippen LogP contribution is -2.44. The van der Waals surface area contributed by atoms with Crippen LogP contribution < -0.4 is 16.0 Å². The summed E-state index contributed by atoms with van der Waals surface area (Å²) in [6, 6.07) is 5.92. The third-order valence-corrected chi connectivity index (χ3v) is 3.87. The Balaban J connectivity index is 2.05. The first-order chi connectivity index (χ1) is 10.7. The number of benzene rings is 1. The van der Waals surface area contributed by atoms with Crippen molar-refractivity contribution in [3.63, 3.8) is 0 Å². The lowest BCUT2D eigenvalue weighted by atomic mass is 10.0. The summed E-state index contributed by atoms with van der Waals surface area (Å²) in [5, 5.41) is 8.99. The molecule has 0 spiro atoms. The number of hydrogen-bond donors (Lipinski definition) is 3. The van der Waals surface area contributed by atoms with Crippen LogP contribution in [0.4, 0.5) is 10.5 Å². The molecule has 0 aliphatic carbocycles. The SMILES string of the molecule is CCc1cccc(CC)c1NC(=O)NC1=NCCCCCN1. The second-order valence-electron chi connectivity index (χ2n) is 5.46. The molecule has 0 bridgehead atoms. The van der Waals surface area contributed by atoms with Crippen LogP contribution in [0.15, 0.2) is 23.2 Å². The van der Waals surface area contributed by atoms with E-state index < -0.39 is 0 Å². The van der Waals surface area contributed by atoms with Crippen molar-refractivity contribution in [2.24, 2.45) is 4.99 Å². The van der Waals surface area contributed by atoms with Gasteiger partial charge < -0.3 is 10.6 Å². The zero-order chi connectivity index (χ0) is 15.8. The zero-order valence-electron chi connectivity index (χ0n) is 13.5. The van der Waals surface area contributed by atoms with Gasteiger partial charge in [-0.1, -0.05) is 32.0 Å². The van der Waals surface area contributed by atoms with E-state index in [2.05, 4.69) is 46.9 Å². The lowest BCUT2D eigenvalue weighted by Gasteiger charge is -2.17. The molecule has 0 unspecified atom stereocenters. The number of nitrogens with one attached hydrogen (secondary N) is 3. The highest BCUT2D eigenvalue weighted by Crippen LogP contribution is 2.22. The minimum atomic E-state index is -0.234. The number of amides is 2. The van der Waals surface area contributed by atoms with Gasteiger partial charge in [0.15, 0.2) is 5.96 Å². The number of aryl methyl sites for hydroxylation is 2. The summed E-state index contributed by atoms with van der Waals surface area (Å²) in [6.45, 7) is 5.80. The van der Waals surface area contributed by atoms with Crippen LogP contribution in [0.1, 0.15) is 44.2 Å². The van der Waals surface area contributed by atoms with Crippen LogP contribution in [-0.2, 0) is 12.8 Å². The molecule has 0 radical (unpaired) electrons. The predicted octanol–water partition coefficient (Wildman–Crippen LogP) is 3.06. The van der Waals surface area contributed by atoms with Gasteiger partial charge in [-0.2, -0.15) is 0 Å². The molecule has 22 heavy (non-hydrogen) atoms. The fourth-order valence-corrected chi connectivity index (χ4v) is 2.61. The Morgan fingerprint density at radius 2 is 1.86 bits per heavy atom. The number of nitrogens with zero attached hydrogens (tertiary/aromatic N) is 1. The van der Waals surface area contributed by atoms with E-state index in [9.17, 15) is 4.79 Å². The van der Waals surface area contributed by atoms with Crippen molar-refractivity contribution in [2.45, 2.75) is 46.0 Å². The molecular formula is C17H26N4O. The van der Waals surface area contributed by atoms with E-state index in [4.69, 9.17) is 0 Å². The number of para-hydroxylation sites is 1. The first kappa shape index (κ1) is 16.3. The van der Waals surface area contributed by atoms with Crippen molar-refractivity contribution in [3.05, 3.63) is 29.3 Å². The Kier molecular flexibility index (Phi) is 6.25. The molecule has 2 amide bonds. The zero-order valence-corrected chi connectivity index (χ0v) is 13.5. The molecule has 5 nitrogen and oxygen atoms in total. The molecule has 120 valence electrons. The van der Waals surface area contributed by atoms with Gasteiger partial charge in [-0.15, -0.1) is 0 Å². The summed E-state index contributed by atoms with van der Waals surface area (Å²) in [4.78, 5) is 16.7. The average molecular weight is 302 g/mol. The smallest absolute Gasteiger partial charge is 0.326 e. The van der Waals surface area contributed by atoms with Gasteiger partial charge in [-0.05, 0) is 43.2 Å². The highest BCUT2D eigenvalue weighted by Gasteiger charge is 2.12. The Bertz CT molecular complexity index is 517. The average Bonchev–Trinajstić information content (AvgIpc) is 2.50. The van der Waals surface area contributed by atoms with Gasteiger partial charge in [0.1, 0.15) is 0 Å². The minimum absolute atomic E-state index is 0.234. The standard InChI is InChI=1S/C17H26N4O/c1-3-13-9-8-10-14(4-2)15(13)20-17(22)21-16-18-11-6-5-7-12-19-16/h8-10H,3-7,11-12H2,1-2H3,(H3,18,19,20,21,22). The highest BCUT2D eigenvalue weighted by molar-refractivity contribution is 6.03. The maximum atomic E-state index is 12.3. The maximum absolute atomic E-state index is 12.3. The molecule has 0 atom stereocenters. The number of carbonyl (C=O) groups excluding carboxylic acids is 1. The van der Waals surface area contributed by atoms with Gasteiger partial charge in [0.2, 0.25) is 0 Å². The van der Waals surface area contributed by atoms with E-state index in [1.165, 1.54) is 6.42 Å². The number of guanidine groups is 1. The van der Waals surface area contributed by atoms with E-state index in [0.717, 1.165) is 55.6 Å².